The second-order valence-corrected chi connectivity index (χ2v) is 8.81. The molecule has 2 aliphatic carbocycles. The predicted octanol–water partition coefficient (Wildman–Crippen LogP) is 7.74. The summed E-state index contributed by atoms with van der Waals surface area (Å²) in [5.41, 5.74) is 1.49. The molecule has 0 nitrogen and oxygen atoms in total. The Kier molecular flexibility index (Phi) is 7.09. The lowest BCUT2D eigenvalue weighted by atomic mass is 9.68. The number of hydrogen-bond acceptors (Lipinski definition) is 0. The van der Waals surface area contributed by atoms with Crippen molar-refractivity contribution >= 4 is 15.9 Å². The van der Waals surface area contributed by atoms with Crippen molar-refractivity contribution in [3.8, 4) is 0 Å². The van der Waals surface area contributed by atoms with E-state index in [4.69, 9.17) is 0 Å². The molecule has 0 radical (unpaired) electrons. The van der Waals surface area contributed by atoms with Gasteiger partial charge in [-0.25, -0.2) is 8.78 Å². The largest absolute Gasteiger partial charge is 0.242 e. The Labute approximate surface area is 159 Å². The van der Waals surface area contributed by atoms with Crippen LogP contribution in [0.3, 0.4) is 0 Å². The number of benzene rings is 1. The smallest absolute Gasteiger partial charge is 0.210 e. The van der Waals surface area contributed by atoms with Gasteiger partial charge < -0.3 is 0 Å². The highest BCUT2D eigenvalue weighted by atomic mass is 79.9. The molecule has 2 fully saturated rings. The van der Waals surface area contributed by atoms with E-state index in [0.29, 0.717) is 5.92 Å². The van der Waals surface area contributed by atoms with E-state index >= 15 is 0 Å². The molecule has 2 aliphatic rings. The Balaban J connectivity index is 1.42. The normalized spacial score (nSPS) is 30.9. The van der Waals surface area contributed by atoms with E-state index < -0.39 is 6.43 Å². The van der Waals surface area contributed by atoms with Crippen molar-refractivity contribution < 1.29 is 8.78 Å². The lowest BCUT2D eigenvalue weighted by Crippen LogP contribution is -2.25. The zero-order valence-electron chi connectivity index (χ0n) is 14.8. The highest BCUT2D eigenvalue weighted by Gasteiger charge is 2.30. The maximum absolute atomic E-state index is 12.2. The number of alkyl halides is 2. The molecule has 0 bridgehead atoms. The topological polar surface area (TPSA) is 0 Å². The van der Waals surface area contributed by atoms with Gasteiger partial charge in [-0.15, -0.1) is 0 Å². The van der Waals surface area contributed by atoms with Crippen molar-refractivity contribution in [2.75, 3.05) is 0 Å². The number of hydrogen-bond donors (Lipinski definition) is 0. The Morgan fingerprint density at radius 3 is 2.00 bits per heavy atom. The van der Waals surface area contributed by atoms with Crippen LogP contribution in [0, 0.1) is 17.8 Å². The monoisotopic (exact) mass is 410 g/mol. The second-order valence-electron chi connectivity index (χ2n) is 7.89. The van der Waals surface area contributed by atoms with E-state index in [-0.39, 0.29) is 6.42 Å². The third-order valence-corrected chi connectivity index (χ3v) is 6.85. The SMILES string of the molecule is FC(F)CC=C[C@H]1CC[C@H]([C@H]2CC[C@H](c3ccc(Br)cc3)CC2)CC1. The maximum Gasteiger partial charge on any atom is 0.242 e. The van der Waals surface area contributed by atoms with Gasteiger partial charge in [-0.3, -0.25) is 0 Å². The molecule has 1 aromatic rings. The van der Waals surface area contributed by atoms with E-state index in [1.807, 2.05) is 6.08 Å². The quantitative estimate of drug-likeness (QED) is 0.435. The summed E-state index contributed by atoms with van der Waals surface area (Å²) in [6, 6.07) is 8.85. The molecule has 1 aromatic carbocycles. The van der Waals surface area contributed by atoms with Crippen molar-refractivity contribution in [2.24, 2.45) is 17.8 Å². The van der Waals surface area contributed by atoms with Crippen LogP contribution in [0.4, 0.5) is 8.78 Å². The van der Waals surface area contributed by atoms with Crippen molar-refractivity contribution in [2.45, 2.75) is 70.1 Å². The average molecular weight is 411 g/mol. The minimum absolute atomic E-state index is 0.0833. The molecule has 0 atom stereocenters. The summed E-state index contributed by atoms with van der Waals surface area (Å²) in [7, 11) is 0. The van der Waals surface area contributed by atoms with Crippen molar-refractivity contribution in [3.63, 3.8) is 0 Å². The first kappa shape index (κ1) is 19.1. The molecule has 0 heterocycles. The second kappa shape index (κ2) is 9.30. The van der Waals surface area contributed by atoms with Gasteiger partial charge in [0, 0.05) is 10.9 Å². The molecule has 0 amide bonds. The maximum atomic E-state index is 12.2. The summed E-state index contributed by atoms with van der Waals surface area (Å²) in [4.78, 5) is 0. The molecule has 138 valence electrons. The number of halogens is 3. The van der Waals surface area contributed by atoms with Crippen molar-refractivity contribution in [1.29, 1.82) is 0 Å². The van der Waals surface area contributed by atoms with Crippen LogP contribution in [-0.4, -0.2) is 6.43 Å². The molecular weight excluding hydrogens is 382 g/mol. The molecule has 0 saturated heterocycles. The van der Waals surface area contributed by atoms with Gasteiger partial charge in [0.15, 0.2) is 0 Å². The van der Waals surface area contributed by atoms with Crippen LogP contribution in [-0.2, 0) is 0 Å². The first-order valence-electron chi connectivity index (χ1n) is 9.82. The minimum Gasteiger partial charge on any atom is -0.210 e. The fourth-order valence-corrected chi connectivity index (χ4v) is 5.11. The van der Waals surface area contributed by atoms with Gasteiger partial charge in [0.2, 0.25) is 6.43 Å². The molecule has 0 aromatic heterocycles. The number of allylic oxidation sites excluding steroid dienone is 2. The summed E-state index contributed by atoms with van der Waals surface area (Å²) in [5, 5.41) is 0. The molecule has 3 heteroatoms. The summed E-state index contributed by atoms with van der Waals surface area (Å²) >= 11 is 3.52. The van der Waals surface area contributed by atoms with Crippen LogP contribution in [0.25, 0.3) is 0 Å². The molecule has 0 aliphatic heterocycles. The zero-order chi connectivity index (χ0) is 17.6. The molecule has 3 rings (SSSR count). The molecule has 25 heavy (non-hydrogen) atoms. The third kappa shape index (κ3) is 5.64. The lowest BCUT2D eigenvalue weighted by Gasteiger charge is -2.37. The van der Waals surface area contributed by atoms with Gasteiger partial charge in [-0.05, 0) is 92.7 Å². The van der Waals surface area contributed by atoms with Crippen molar-refractivity contribution in [1.82, 2.24) is 0 Å². The molecule has 0 unspecified atom stereocenters. The molecule has 2 saturated carbocycles. The van der Waals surface area contributed by atoms with Gasteiger partial charge in [0.1, 0.15) is 0 Å². The van der Waals surface area contributed by atoms with Crippen LogP contribution in [0.1, 0.15) is 69.3 Å². The lowest BCUT2D eigenvalue weighted by molar-refractivity contribution is 0.151. The van der Waals surface area contributed by atoms with Gasteiger partial charge in [-0.1, -0.05) is 40.2 Å². The fraction of sp³-hybridized carbons (Fsp3) is 0.636. The first-order valence-corrected chi connectivity index (χ1v) is 10.6. The van der Waals surface area contributed by atoms with E-state index in [1.54, 1.807) is 6.08 Å². The summed E-state index contributed by atoms with van der Waals surface area (Å²) < 4.78 is 25.6. The van der Waals surface area contributed by atoms with Gasteiger partial charge in [0.05, 0.1) is 0 Å². The summed E-state index contributed by atoms with van der Waals surface area (Å²) in [6.07, 6.45) is 11.8. The van der Waals surface area contributed by atoms with Crippen LogP contribution < -0.4 is 0 Å². The molecule has 0 N–H and O–H groups in total. The Bertz CT molecular complexity index is 536. The summed E-state index contributed by atoms with van der Waals surface area (Å²) in [6.45, 7) is 0. The highest BCUT2D eigenvalue weighted by Crippen LogP contribution is 2.44. The van der Waals surface area contributed by atoms with E-state index in [0.717, 1.165) is 22.2 Å². The Hall–Kier alpha value is -0.700. The van der Waals surface area contributed by atoms with Gasteiger partial charge >= 0.3 is 0 Å². The highest BCUT2D eigenvalue weighted by molar-refractivity contribution is 9.10. The third-order valence-electron chi connectivity index (χ3n) is 6.32. The van der Waals surface area contributed by atoms with Crippen molar-refractivity contribution in [3.05, 3.63) is 46.5 Å². The zero-order valence-corrected chi connectivity index (χ0v) is 16.4. The van der Waals surface area contributed by atoms with Crippen LogP contribution >= 0.6 is 15.9 Å². The Morgan fingerprint density at radius 1 is 0.880 bits per heavy atom. The molecular formula is C22H29BrF2. The standard InChI is InChI=1S/C22H29BrF2/c23-21-14-12-20(13-15-21)19-10-8-18(9-11-19)17-6-4-16(5-7-17)2-1-3-22(24)25/h1-2,12-19,22H,3-11H2/t16-,17-,18-,19-. The van der Waals surface area contributed by atoms with Crippen LogP contribution in [0.5, 0.6) is 0 Å². The van der Waals surface area contributed by atoms with E-state index in [1.165, 1.54) is 56.9 Å². The fourth-order valence-electron chi connectivity index (χ4n) is 4.84. The first-order chi connectivity index (χ1) is 12.1. The summed E-state index contributed by atoms with van der Waals surface area (Å²) in [5.74, 6) is 3.02. The average Bonchev–Trinajstić information content (AvgIpc) is 2.63. The molecule has 0 spiro atoms. The van der Waals surface area contributed by atoms with Gasteiger partial charge in [0.25, 0.3) is 0 Å². The van der Waals surface area contributed by atoms with E-state index in [2.05, 4.69) is 40.2 Å². The number of rotatable bonds is 5. The Morgan fingerprint density at radius 2 is 1.44 bits per heavy atom. The predicted molar refractivity (Wildman–Crippen MR) is 104 cm³/mol. The van der Waals surface area contributed by atoms with E-state index in [9.17, 15) is 8.78 Å². The van der Waals surface area contributed by atoms with Crippen LogP contribution in [0.2, 0.25) is 0 Å². The van der Waals surface area contributed by atoms with Gasteiger partial charge in [-0.2, -0.15) is 0 Å². The van der Waals surface area contributed by atoms with Crippen LogP contribution in [0.15, 0.2) is 40.9 Å². The minimum atomic E-state index is -2.20.